The summed E-state index contributed by atoms with van der Waals surface area (Å²) in [6, 6.07) is 0.220. The van der Waals surface area contributed by atoms with Crippen LogP contribution in [0.1, 0.15) is 33.1 Å². The van der Waals surface area contributed by atoms with Gasteiger partial charge in [0.05, 0.1) is 13.0 Å². The molecular weight excluding hydrogens is 218 g/mol. The molecule has 0 aliphatic carbocycles. The molecule has 0 heterocycles. The van der Waals surface area contributed by atoms with Gasteiger partial charge in [-0.15, -0.1) is 0 Å². The minimum absolute atomic E-state index is 0.126. The van der Waals surface area contributed by atoms with E-state index in [1.165, 1.54) is 0 Å². The Morgan fingerprint density at radius 1 is 1.24 bits per heavy atom. The number of carbonyl (C=O) groups excluding carboxylic acids is 1. The van der Waals surface area contributed by atoms with Crippen molar-refractivity contribution in [3.8, 4) is 0 Å². The summed E-state index contributed by atoms with van der Waals surface area (Å²) in [5.74, 6) is -0.126. The van der Waals surface area contributed by atoms with E-state index in [-0.39, 0.29) is 12.0 Å². The predicted octanol–water partition coefficient (Wildman–Crippen LogP) is 0.246. The van der Waals surface area contributed by atoms with Crippen LogP contribution in [0.4, 0.5) is 0 Å². The van der Waals surface area contributed by atoms with Gasteiger partial charge in [-0.1, -0.05) is 0 Å². The average Bonchev–Trinajstić information content (AvgIpc) is 2.27. The Morgan fingerprint density at radius 2 is 1.88 bits per heavy atom. The topological polar surface area (TPSA) is 76.4 Å². The molecule has 0 radical (unpaired) electrons. The summed E-state index contributed by atoms with van der Waals surface area (Å²) in [6.07, 6.45) is 2.69. The van der Waals surface area contributed by atoms with E-state index in [2.05, 4.69) is 10.6 Å². The zero-order valence-electron chi connectivity index (χ0n) is 11.1. The zero-order chi connectivity index (χ0) is 12.9. The third-order valence-electron chi connectivity index (χ3n) is 2.23. The van der Waals surface area contributed by atoms with E-state index >= 15 is 0 Å². The summed E-state index contributed by atoms with van der Waals surface area (Å²) < 4.78 is 4.82. The molecule has 0 spiro atoms. The maximum Gasteiger partial charge on any atom is 0.307 e. The van der Waals surface area contributed by atoms with Gasteiger partial charge in [0, 0.05) is 19.1 Å². The first-order valence-electron chi connectivity index (χ1n) is 6.49. The van der Waals surface area contributed by atoms with Crippen LogP contribution in [0, 0.1) is 0 Å². The van der Waals surface area contributed by atoms with Crippen LogP contribution in [0.15, 0.2) is 0 Å². The summed E-state index contributed by atoms with van der Waals surface area (Å²) in [7, 11) is 0. The molecule has 0 bridgehead atoms. The van der Waals surface area contributed by atoms with Crippen molar-refractivity contribution in [2.24, 2.45) is 5.73 Å². The molecule has 0 aromatic carbocycles. The van der Waals surface area contributed by atoms with Crippen molar-refractivity contribution >= 4 is 5.97 Å². The molecule has 0 fully saturated rings. The van der Waals surface area contributed by atoms with Crippen molar-refractivity contribution in [1.29, 1.82) is 0 Å². The molecule has 102 valence electrons. The maximum atomic E-state index is 11.0. The second-order valence-corrected chi connectivity index (χ2v) is 4.19. The molecule has 5 heteroatoms. The molecule has 1 atom stereocenters. The van der Waals surface area contributed by atoms with Crippen molar-refractivity contribution in [2.75, 3.05) is 32.8 Å². The lowest BCUT2D eigenvalue weighted by molar-refractivity contribution is -0.142. The van der Waals surface area contributed by atoms with E-state index in [0.717, 1.165) is 32.5 Å². The summed E-state index contributed by atoms with van der Waals surface area (Å²) in [6.45, 7) is 7.79. The molecule has 1 unspecified atom stereocenters. The Kier molecular flexibility index (Phi) is 11.4. The first kappa shape index (κ1) is 16.4. The highest BCUT2D eigenvalue weighted by molar-refractivity contribution is 5.69. The lowest BCUT2D eigenvalue weighted by atomic mass is 10.3. The van der Waals surface area contributed by atoms with Crippen molar-refractivity contribution in [1.82, 2.24) is 10.6 Å². The van der Waals surface area contributed by atoms with Crippen LogP contribution in [0.3, 0.4) is 0 Å². The van der Waals surface area contributed by atoms with Crippen LogP contribution in [0.25, 0.3) is 0 Å². The third kappa shape index (κ3) is 13.3. The van der Waals surface area contributed by atoms with Gasteiger partial charge in [0.2, 0.25) is 0 Å². The lowest BCUT2D eigenvalue weighted by Crippen LogP contribution is -2.31. The van der Waals surface area contributed by atoms with Gasteiger partial charge < -0.3 is 21.1 Å². The van der Waals surface area contributed by atoms with Crippen LogP contribution in [0.2, 0.25) is 0 Å². The Balaban J connectivity index is 3.06. The third-order valence-corrected chi connectivity index (χ3v) is 2.23. The van der Waals surface area contributed by atoms with Gasteiger partial charge in [-0.3, -0.25) is 4.79 Å². The predicted molar refractivity (Wildman–Crippen MR) is 69.9 cm³/mol. The number of ether oxygens (including phenoxy) is 1. The minimum atomic E-state index is -0.126. The highest BCUT2D eigenvalue weighted by atomic mass is 16.5. The van der Waals surface area contributed by atoms with Gasteiger partial charge in [0.25, 0.3) is 0 Å². The number of hydrogen-bond acceptors (Lipinski definition) is 5. The molecule has 0 aliphatic rings. The fourth-order valence-electron chi connectivity index (χ4n) is 1.38. The van der Waals surface area contributed by atoms with Crippen molar-refractivity contribution in [2.45, 2.75) is 39.2 Å². The standard InChI is InChI=1S/C12H27N3O2/c1-3-17-12(16)6-9-14-7-4-5-8-15-10-11(2)13/h11,14-15H,3-10,13H2,1-2H3. The highest BCUT2D eigenvalue weighted by Crippen LogP contribution is 1.87. The molecular formula is C12H27N3O2. The SMILES string of the molecule is CCOC(=O)CCNCCCCNCC(C)N. The Labute approximate surface area is 104 Å². The Morgan fingerprint density at radius 3 is 2.47 bits per heavy atom. The van der Waals surface area contributed by atoms with E-state index in [9.17, 15) is 4.79 Å². The van der Waals surface area contributed by atoms with Gasteiger partial charge in [0.15, 0.2) is 0 Å². The number of esters is 1. The molecule has 0 saturated heterocycles. The number of nitrogens with one attached hydrogen (secondary N) is 2. The van der Waals surface area contributed by atoms with Crippen molar-refractivity contribution < 1.29 is 9.53 Å². The number of unbranched alkanes of at least 4 members (excludes halogenated alkanes) is 1. The van der Waals surface area contributed by atoms with E-state index in [1.54, 1.807) is 0 Å². The Bertz CT molecular complexity index is 187. The molecule has 0 amide bonds. The van der Waals surface area contributed by atoms with Crippen LogP contribution < -0.4 is 16.4 Å². The van der Waals surface area contributed by atoms with E-state index < -0.39 is 0 Å². The van der Waals surface area contributed by atoms with Gasteiger partial charge in [-0.2, -0.15) is 0 Å². The normalized spacial score (nSPS) is 12.4. The van der Waals surface area contributed by atoms with E-state index in [0.29, 0.717) is 19.6 Å². The zero-order valence-corrected chi connectivity index (χ0v) is 11.1. The van der Waals surface area contributed by atoms with Crippen LogP contribution in [0.5, 0.6) is 0 Å². The molecule has 0 aromatic heterocycles. The van der Waals surface area contributed by atoms with Gasteiger partial charge >= 0.3 is 5.97 Å². The largest absolute Gasteiger partial charge is 0.466 e. The van der Waals surface area contributed by atoms with Gasteiger partial charge in [-0.05, 0) is 39.8 Å². The summed E-state index contributed by atoms with van der Waals surface area (Å²) >= 11 is 0. The van der Waals surface area contributed by atoms with Gasteiger partial charge in [0.1, 0.15) is 0 Å². The molecule has 0 saturated carbocycles. The van der Waals surface area contributed by atoms with Crippen molar-refractivity contribution in [3.63, 3.8) is 0 Å². The second kappa shape index (κ2) is 11.8. The number of rotatable bonds is 11. The molecule has 0 aromatic rings. The fourth-order valence-corrected chi connectivity index (χ4v) is 1.38. The number of nitrogens with two attached hydrogens (primary N) is 1. The second-order valence-electron chi connectivity index (χ2n) is 4.19. The minimum Gasteiger partial charge on any atom is -0.466 e. The number of carbonyl (C=O) groups is 1. The first-order chi connectivity index (χ1) is 8.16. The monoisotopic (exact) mass is 245 g/mol. The van der Waals surface area contributed by atoms with Crippen molar-refractivity contribution in [3.05, 3.63) is 0 Å². The number of hydrogen-bond donors (Lipinski definition) is 3. The molecule has 17 heavy (non-hydrogen) atoms. The van der Waals surface area contributed by atoms with E-state index in [1.807, 2.05) is 13.8 Å². The summed E-state index contributed by atoms with van der Waals surface area (Å²) in [4.78, 5) is 11.0. The molecule has 5 nitrogen and oxygen atoms in total. The lowest BCUT2D eigenvalue weighted by Gasteiger charge is -2.07. The summed E-state index contributed by atoms with van der Waals surface area (Å²) in [5, 5.41) is 6.50. The van der Waals surface area contributed by atoms with Gasteiger partial charge in [-0.25, -0.2) is 0 Å². The molecule has 4 N–H and O–H groups in total. The maximum absolute atomic E-state index is 11.0. The first-order valence-corrected chi connectivity index (χ1v) is 6.49. The molecule has 0 aliphatic heterocycles. The average molecular weight is 245 g/mol. The van der Waals surface area contributed by atoms with Crippen LogP contribution >= 0.6 is 0 Å². The summed E-state index contributed by atoms with van der Waals surface area (Å²) in [5.41, 5.74) is 5.61. The molecule has 0 rings (SSSR count). The van der Waals surface area contributed by atoms with E-state index in [4.69, 9.17) is 10.5 Å². The highest BCUT2D eigenvalue weighted by Gasteiger charge is 1.99. The van der Waals surface area contributed by atoms with Crippen LogP contribution in [-0.2, 0) is 9.53 Å². The Hall–Kier alpha value is -0.650. The fraction of sp³-hybridized carbons (Fsp3) is 0.917. The van der Waals surface area contributed by atoms with Crippen LogP contribution in [-0.4, -0.2) is 44.8 Å². The smallest absolute Gasteiger partial charge is 0.307 e. The quantitative estimate of drug-likeness (QED) is 0.359.